The molecule has 0 aromatic carbocycles. The van der Waals surface area contributed by atoms with Crippen LogP contribution < -0.4 is 15.4 Å². The molecule has 1 saturated carbocycles. The Morgan fingerprint density at radius 3 is 2.72 bits per heavy atom. The monoisotopic (exact) mass is 441 g/mol. The number of nitrogens with zero attached hydrogens (tertiary/aromatic N) is 2. The maximum Gasteiger partial charge on any atom is 0.250 e. The van der Waals surface area contributed by atoms with Crippen LogP contribution in [0.15, 0.2) is 26.7 Å². The molecule has 0 radical (unpaired) electrons. The summed E-state index contributed by atoms with van der Waals surface area (Å²) in [7, 11) is -1.76. The third kappa shape index (κ3) is 6.16. The summed E-state index contributed by atoms with van der Waals surface area (Å²) in [6.07, 6.45) is 6.52. The summed E-state index contributed by atoms with van der Waals surface area (Å²) in [6.45, 7) is 2.16. The minimum atomic E-state index is -3.45. The zero-order valence-corrected chi connectivity index (χ0v) is 18.5. The first-order chi connectivity index (χ1) is 14.0. The molecule has 1 saturated heterocycles. The van der Waals surface area contributed by atoms with E-state index in [0.717, 1.165) is 25.8 Å². The molecule has 3 rings (SSSR count). The second-order valence-corrected chi connectivity index (χ2v) is 10.5. The van der Waals surface area contributed by atoms with Crippen LogP contribution >= 0.6 is 11.3 Å². The molecule has 2 aliphatic rings. The van der Waals surface area contributed by atoms with Gasteiger partial charge in [-0.1, -0.05) is 25.3 Å². The Kier molecular flexibility index (Phi) is 7.91. The molecule has 29 heavy (non-hydrogen) atoms. The average Bonchev–Trinajstić information content (AvgIpc) is 3.43. The van der Waals surface area contributed by atoms with Crippen molar-refractivity contribution in [3.8, 4) is 0 Å². The first-order valence-electron chi connectivity index (χ1n) is 10.3. The number of thiophene rings is 1. The van der Waals surface area contributed by atoms with Gasteiger partial charge in [0, 0.05) is 45.2 Å². The molecular formula is C19H31N5O3S2. The molecule has 1 aliphatic carbocycles. The topological polar surface area (TPSA) is 103 Å². The maximum absolute atomic E-state index is 12.7. The molecule has 1 atom stereocenters. The van der Waals surface area contributed by atoms with E-state index in [1.165, 1.54) is 30.6 Å². The molecule has 10 heteroatoms. The molecule has 0 spiro atoms. The van der Waals surface area contributed by atoms with Crippen molar-refractivity contribution in [2.45, 2.75) is 48.8 Å². The fourth-order valence-electron chi connectivity index (χ4n) is 3.93. The van der Waals surface area contributed by atoms with E-state index < -0.39 is 10.0 Å². The third-order valence-corrected chi connectivity index (χ3v) is 8.35. The molecule has 2 heterocycles. The maximum atomic E-state index is 12.7. The second-order valence-electron chi connectivity index (χ2n) is 7.58. The summed E-state index contributed by atoms with van der Waals surface area (Å²) in [4.78, 5) is 18.9. The van der Waals surface area contributed by atoms with Gasteiger partial charge >= 0.3 is 0 Å². The number of likely N-dealkylation sites (tertiary alicyclic amines) is 1. The summed E-state index contributed by atoms with van der Waals surface area (Å²) in [5.74, 6) is 1.13. The van der Waals surface area contributed by atoms with Gasteiger partial charge in [0.25, 0.3) is 0 Å². The number of carbonyl (C=O) groups is 1. The van der Waals surface area contributed by atoms with Crippen molar-refractivity contribution < 1.29 is 13.2 Å². The van der Waals surface area contributed by atoms with Gasteiger partial charge in [-0.2, -0.15) is 0 Å². The molecular weight excluding hydrogens is 410 g/mol. The highest BCUT2D eigenvalue weighted by atomic mass is 32.2. The van der Waals surface area contributed by atoms with Crippen molar-refractivity contribution in [3.63, 3.8) is 0 Å². The quantitative estimate of drug-likeness (QED) is 0.337. The van der Waals surface area contributed by atoms with Crippen LogP contribution in [0.1, 0.15) is 38.5 Å². The number of hydrogen-bond acceptors (Lipinski definition) is 5. The van der Waals surface area contributed by atoms with Crippen molar-refractivity contribution in [2.75, 3.05) is 33.2 Å². The van der Waals surface area contributed by atoms with Gasteiger partial charge in [0.2, 0.25) is 15.9 Å². The van der Waals surface area contributed by atoms with Crippen LogP contribution in [-0.4, -0.2) is 64.5 Å². The summed E-state index contributed by atoms with van der Waals surface area (Å²) >= 11 is 1.19. The van der Waals surface area contributed by atoms with E-state index in [1.807, 2.05) is 4.90 Å². The number of amides is 1. The Morgan fingerprint density at radius 1 is 1.24 bits per heavy atom. The van der Waals surface area contributed by atoms with Gasteiger partial charge in [-0.25, -0.2) is 13.1 Å². The highest BCUT2D eigenvalue weighted by Gasteiger charge is 2.31. The standard InChI is InChI=1S/C19H31N5O3S2/c1-20-19(21-10-11-22-29(26,27)17-8-5-13-28-17)23-16-9-12-24(14-16)18(25)15-6-3-2-4-7-15/h5,8,13,15-16,22H,2-4,6-7,9-12,14H2,1H3,(H2,20,21,23). The fourth-order valence-corrected chi connectivity index (χ4v) is 6.00. The highest BCUT2D eigenvalue weighted by molar-refractivity contribution is 7.91. The summed E-state index contributed by atoms with van der Waals surface area (Å²) in [5, 5.41) is 8.22. The Balaban J connectivity index is 1.38. The number of sulfonamides is 1. The number of rotatable bonds is 7. The third-order valence-electron chi connectivity index (χ3n) is 5.49. The van der Waals surface area contributed by atoms with Crippen LogP contribution in [0.2, 0.25) is 0 Å². The van der Waals surface area contributed by atoms with E-state index >= 15 is 0 Å². The van der Waals surface area contributed by atoms with E-state index in [-0.39, 0.29) is 18.5 Å². The SMILES string of the molecule is CN=C(NCCNS(=O)(=O)c1cccs1)NC1CCN(C(=O)C2CCCCC2)C1. The second kappa shape index (κ2) is 10.4. The lowest BCUT2D eigenvalue weighted by Crippen LogP contribution is -2.47. The van der Waals surface area contributed by atoms with Gasteiger partial charge in [0.15, 0.2) is 5.96 Å². The Morgan fingerprint density at radius 2 is 2.03 bits per heavy atom. The van der Waals surface area contributed by atoms with Crippen LogP contribution in [0, 0.1) is 5.92 Å². The van der Waals surface area contributed by atoms with Gasteiger partial charge in [-0.15, -0.1) is 11.3 Å². The minimum absolute atomic E-state index is 0.163. The van der Waals surface area contributed by atoms with Crippen LogP contribution in [0.4, 0.5) is 0 Å². The molecule has 0 bridgehead atoms. The molecule has 162 valence electrons. The lowest BCUT2D eigenvalue weighted by Gasteiger charge is -2.26. The summed E-state index contributed by atoms with van der Waals surface area (Å²) < 4.78 is 27.1. The Hall–Kier alpha value is -1.65. The van der Waals surface area contributed by atoms with Crippen molar-refractivity contribution in [1.82, 2.24) is 20.3 Å². The summed E-state index contributed by atoms with van der Waals surface area (Å²) in [6, 6.07) is 3.46. The molecule has 3 N–H and O–H groups in total. The van der Waals surface area contributed by atoms with Gasteiger partial charge in [0.05, 0.1) is 0 Å². The predicted molar refractivity (Wildman–Crippen MR) is 116 cm³/mol. The van der Waals surface area contributed by atoms with Crippen molar-refractivity contribution in [2.24, 2.45) is 10.9 Å². The van der Waals surface area contributed by atoms with E-state index in [2.05, 4.69) is 20.3 Å². The van der Waals surface area contributed by atoms with Crippen LogP contribution in [0.3, 0.4) is 0 Å². The first kappa shape index (κ1) is 22.0. The van der Waals surface area contributed by atoms with Crippen LogP contribution in [0.25, 0.3) is 0 Å². The molecule has 1 amide bonds. The highest BCUT2D eigenvalue weighted by Crippen LogP contribution is 2.26. The van der Waals surface area contributed by atoms with E-state index in [4.69, 9.17) is 0 Å². The predicted octanol–water partition coefficient (Wildman–Crippen LogP) is 1.37. The number of aliphatic imine (C=N–C) groups is 1. The van der Waals surface area contributed by atoms with Gasteiger partial charge in [0.1, 0.15) is 4.21 Å². The average molecular weight is 442 g/mol. The molecule has 1 aromatic heterocycles. The zero-order chi connectivity index (χ0) is 20.7. The van der Waals surface area contributed by atoms with Gasteiger partial charge in [-0.05, 0) is 30.7 Å². The molecule has 1 aliphatic heterocycles. The van der Waals surface area contributed by atoms with E-state index in [0.29, 0.717) is 29.2 Å². The molecule has 1 unspecified atom stereocenters. The van der Waals surface area contributed by atoms with E-state index in [9.17, 15) is 13.2 Å². The first-order valence-corrected chi connectivity index (χ1v) is 12.6. The van der Waals surface area contributed by atoms with Crippen LogP contribution in [0.5, 0.6) is 0 Å². The van der Waals surface area contributed by atoms with E-state index in [1.54, 1.807) is 24.6 Å². The van der Waals surface area contributed by atoms with Crippen LogP contribution in [-0.2, 0) is 14.8 Å². The number of carbonyl (C=O) groups excluding carboxylic acids is 1. The number of guanidine groups is 1. The fraction of sp³-hybridized carbons (Fsp3) is 0.684. The van der Waals surface area contributed by atoms with Gasteiger partial charge in [-0.3, -0.25) is 9.79 Å². The Bertz CT molecular complexity index is 789. The van der Waals surface area contributed by atoms with Crippen molar-refractivity contribution in [1.29, 1.82) is 0 Å². The van der Waals surface area contributed by atoms with Crippen molar-refractivity contribution >= 4 is 33.2 Å². The minimum Gasteiger partial charge on any atom is -0.355 e. The molecule has 2 fully saturated rings. The summed E-state index contributed by atoms with van der Waals surface area (Å²) in [5.41, 5.74) is 0. The number of nitrogens with one attached hydrogen (secondary N) is 3. The van der Waals surface area contributed by atoms with Crippen molar-refractivity contribution in [3.05, 3.63) is 17.5 Å². The Labute approximate surface area is 177 Å². The molecule has 1 aromatic rings. The zero-order valence-electron chi connectivity index (χ0n) is 16.9. The largest absolute Gasteiger partial charge is 0.355 e. The number of hydrogen-bond donors (Lipinski definition) is 3. The van der Waals surface area contributed by atoms with Gasteiger partial charge < -0.3 is 15.5 Å². The lowest BCUT2D eigenvalue weighted by molar-refractivity contribution is -0.135. The lowest BCUT2D eigenvalue weighted by atomic mass is 9.88. The smallest absolute Gasteiger partial charge is 0.250 e. The molecule has 8 nitrogen and oxygen atoms in total. The normalized spacial score (nSPS) is 21.3.